The minimum absolute atomic E-state index is 0. The lowest BCUT2D eigenvalue weighted by Crippen LogP contribution is -2.41. The molecular weight excluding hydrogens is 391 g/mol. The van der Waals surface area contributed by atoms with Crippen molar-refractivity contribution in [2.75, 3.05) is 51.8 Å². The molecule has 0 aromatic heterocycles. The average Bonchev–Trinajstić information content (AvgIpc) is 2.52. The topological polar surface area (TPSA) is 48.9 Å². The van der Waals surface area contributed by atoms with Crippen LogP contribution in [0.2, 0.25) is 0 Å². The summed E-state index contributed by atoms with van der Waals surface area (Å²) in [7, 11) is 3.81. The van der Waals surface area contributed by atoms with E-state index < -0.39 is 0 Å². The lowest BCUT2D eigenvalue weighted by molar-refractivity contribution is 0.197. The van der Waals surface area contributed by atoms with Gasteiger partial charge in [-0.15, -0.1) is 24.0 Å². The van der Waals surface area contributed by atoms with Crippen molar-refractivity contribution in [3.63, 3.8) is 0 Å². The lowest BCUT2D eigenvalue weighted by atomic mass is 10.3. The van der Waals surface area contributed by atoms with Crippen LogP contribution in [0.25, 0.3) is 0 Å². The smallest absolute Gasteiger partial charge is 0.191 e. The highest BCUT2D eigenvalue weighted by Crippen LogP contribution is 2.09. The van der Waals surface area contributed by atoms with E-state index in [4.69, 9.17) is 4.74 Å². The van der Waals surface area contributed by atoms with Crippen LogP contribution in [0.4, 0.5) is 5.69 Å². The van der Waals surface area contributed by atoms with E-state index in [2.05, 4.69) is 58.8 Å². The van der Waals surface area contributed by atoms with Gasteiger partial charge in [-0.2, -0.15) is 0 Å². The van der Waals surface area contributed by atoms with Crippen LogP contribution in [-0.2, 0) is 4.74 Å². The number of nitrogens with zero attached hydrogens (tertiary/aromatic N) is 2. The van der Waals surface area contributed by atoms with Crippen LogP contribution < -0.4 is 15.5 Å². The number of guanidine groups is 1. The normalized spacial score (nSPS) is 10.8. The Hall–Kier alpha value is -1.02. The Morgan fingerprint density at radius 1 is 1.23 bits per heavy atom. The molecule has 0 heterocycles. The van der Waals surface area contributed by atoms with Gasteiger partial charge in [0.15, 0.2) is 5.96 Å². The first-order chi connectivity index (χ1) is 10.3. The Balaban J connectivity index is 0.00000441. The van der Waals surface area contributed by atoms with Gasteiger partial charge in [0.25, 0.3) is 0 Å². The highest BCUT2D eigenvalue weighted by molar-refractivity contribution is 14.0. The van der Waals surface area contributed by atoms with Gasteiger partial charge in [0, 0.05) is 52.6 Å². The van der Waals surface area contributed by atoms with E-state index in [-0.39, 0.29) is 24.0 Å². The van der Waals surface area contributed by atoms with Crippen molar-refractivity contribution in [1.29, 1.82) is 0 Å². The maximum absolute atomic E-state index is 5.03. The average molecular weight is 420 g/mol. The Labute approximate surface area is 151 Å². The molecule has 0 aliphatic rings. The van der Waals surface area contributed by atoms with E-state index in [1.807, 2.05) is 6.07 Å². The van der Waals surface area contributed by atoms with Gasteiger partial charge in [-0.3, -0.25) is 4.99 Å². The Kier molecular flexibility index (Phi) is 13.0. The number of aliphatic imine (C=N–C) groups is 1. The standard InChI is InChI=1S/C16H28N4O.HI/c1-4-17-16(18-11-8-14-21-3)19-12-13-20(2)15-9-6-5-7-10-15;/h5-7,9-10H,4,8,11-14H2,1-3H3,(H2,17,18,19);1H. The van der Waals surface area contributed by atoms with E-state index >= 15 is 0 Å². The number of para-hydroxylation sites is 1. The highest BCUT2D eigenvalue weighted by atomic mass is 127. The third kappa shape index (κ3) is 9.09. The molecule has 1 rings (SSSR count). The number of ether oxygens (including phenoxy) is 1. The second kappa shape index (κ2) is 13.6. The number of methoxy groups -OCH3 is 1. The van der Waals surface area contributed by atoms with Crippen molar-refractivity contribution in [2.45, 2.75) is 13.3 Å². The maximum atomic E-state index is 5.03. The zero-order valence-corrected chi connectivity index (χ0v) is 16.2. The molecule has 0 fully saturated rings. The number of anilines is 1. The monoisotopic (exact) mass is 420 g/mol. The lowest BCUT2D eigenvalue weighted by Gasteiger charge is -2.20. The fourth-order valence-electron chi connectivity index (χ4n) is 1.90. The van der Waals surface area contributed by atoms with E-state index in [1.54, 1.807) is 7.11 Å². The van der Waals surface area contributed by atoms with Gasteiger partial charge >= 0.3 is 0 Å². The molecule has 1 aromatic carbocycles. The number of nitrogens with one attached hydrogen (secondary N) is 2. The van der Waals surface area contributed by atoms with Crippen LogP contribution >= 0.6 is 24.0 Å². The van der Waals surface area contributed by atoms with Gasteiger partial charge in [0.05, 0.1) is 0 Å². The number of hydrogen-bond donors (Lipinski definition) is 2. The van der Waals surface area contributed by atoms with Gasteiger partial charge < -0.3 is 20.3 Å². The van der Waals surface area contributed by atoms with Gasteiger partial charge in [0.1, 0.15) is 0 Å². The first-order valence-electron chi connectivity index (χ1n) is 7.55. The number of benzene rings is 1. The quantitative estimate of drug-likeness (QED) is 0.279. The zero-order valence-electron chi connectivity index (χ0n) is 13.8. The third-order valence-corrected chi connectivity index (χ3v) is 3.06. The summed E-state index contributed by atoms with van der Waals surface area (Å²) in [5.41, 5.74) is 1.22. The summed E-state index contributed by atoms with van der Waals surface area (Å²) in [6.45, 7) is 6.23. The fraction of sp³-hybridized carbons (Fsp3) is 0.562. The van der Waals surface area contributed by atoms with Gasteiger partial charge in [0.2, 0.25) is 0 Å². The summed E-state index contributed by atoms with van der Waals surface area (Å²) >= 11 is 0. The molecule has 0 atom stereocenters. The summed E-state index contributed by atoms with van der Waals surface area (Å²) in [5, 5.41) is 6.61. The molecule has 0 unspecified atom stereocenters. The first-order valence-corrected chi connectivity index (χ1v) is 7.55. The Morgan fingerprint density at radius 2 is 1.95 bits per heavy atom. The van der Waals surface area contributed by atoms with Gasteiger partial charge in [-0.25, -0.2) is 0 Å². The molecule has 0 saturated carbocycles. The summed E-state index contributed by atoms with van der Waals surface area (Å²) in [4.78, 5) is 6.74. The molecule has 0 aliphatic carbocycles. The molecule has 0 amide bonds. The van der Waals surface area contributed by atoms with Crippen molar-refractivity contribution in [3.05, 3.63) is 30.3 Å². The third-order valence-electron chi connectivity index (χ3n) is 3.06. The molecule has 0 aliphatic heterocycles. The van der Waals surface area contributed by atoms with Crippen LogP contribution in [0.1, 0.15) is 13.3 Å². The molecule has 22 heavy (non-hydrogen) atoms. The van der Waals surface area contributed by atoms with Crippen molar-refractivity contribution in [3.8, 4) is 0 Å². The number of rotatable bonds is 9. The molecule has 126 valence electrons. The van der Waals surface area contributed by atoms with Crippen LogP contribution in [-0.4, -0.2) is 52.9 Å². The molecule has 0 bridgehead atoms. The first kappa shape index (κ1) is 21.0. The molecule has 1 aromatic rings. The van der Waals surface area contributed by atoms with Crippen LogP contribution in [0.5, 0.6) is 0 Å². The Morgan fingerprint density at radius 3 is 2.59 bits per heavy atom. The highest BCUT2D eigenvalue weighted by Gasteiger charge is 2.01. The van der Waals surface area contributed by atoms with E-state index in [1.165, 1.54) is 5.69 Å². The van der Waals surface area contributed by atoms with Crippen LogP contribution in [0, 0.1) is 0 Å². The number of hydrogen-bond acceptors (Lipinski definition) is 3. The van der Waals surface area contributed by atoms with E-state index in [0.29, 0.717) is 0 Å². The van der Waals surface area contributed by atoms with Gasteiger partial charge in [-0.1, -0.05) is 18.2 Å². The second-order valence-electron chi connectivity index (χ2n) is 4.79. The zero-order chi connectivity index (χ0) is 15.3. The number of halogens is 1. The minimum Gasteiger partial charge on any atom is -0.385 e. The van der Waals surface area contributed by atoms with Crippen molar-refractivity contribution in [1.82, 2.24) is 10.6 Å². The molecule has 6 heteroatoms. The SMILES string of the molecule is CCNC(=NCCCOC)NCCN(C)c1ccccc1.I. The van der Waals surface area contributed by atoms with Crippen molar-refractivity contribution < 1.29 is 4.74 Å². The van der Waals surface area contributed by atoms with Crippen molar-refractivity contribution in [2.24, 2.45) is 4.99 Å². The largest absolute Gasteiger partial charge is 0.385 e. The summed E-state index contributed by atoms with van der Waals surface area (Å²) in [6.07, 6.45) is 0.941. The molecule has 0 saturated heterocycles. The summed E-state index contributed by atoms with van der Waals surface area (Å²) in [5.74, 6) is 0.870. The minimum atomic E-state index is 0. The van der Waals surface area contributed by atoms with E-state index in [9.17, 15) is 0 Å². The van der Waals surface area contributed by atoms with Crippen LogP contribution in [0.3, 0.4) is 0 Å². The van der Waals surface area contributed by atoms with E-state index in [0.717, 1.165) is 45.2 Å². The predicted molar refractivity (Wildman–Crippen MR) is 106 cm³/mol. The van der Waals surface area contributed by atoms with Crippen molar-refractivity contribution >= 4 is 35.6 Å². The Bertz CT molecular complexity index is 400. The number of likely N-dealkylation sites (N-methyl/N-ethyl adjacent to an activating group) is 1. The molecule has 0 radical (unpaired) electrons. The molecule has 2 N–H and O–H groups in total. The predicted octanol–water partition coefficient (Wildman–Crippen LogP) is 2.33. The van der Waals surface area contributed by atoms with Crippen LogP contribution in [0.15, 0.2) is 35.3 Å². The maximum Gasteiger partial charge on any atom is 0.191 e. The molecular formula is C16H29IN4O. The molecule has 0 spiro atoms. The second-order valence-corrected chi connectivity index (χ2v) is 4.79. The summed E-state index contributed by atoms with van der Waals surface area (Å²) in [6, 6.07) is 10.4. The van der Waals surface area contributed by atoms with Gasteiger partial charge in [-0.05, 0) is 25.5 Å². The fourth-order valence-corrected chi connectivity index (χ4v) is 1.90. The summed E-state index contributed by atoms with van der Waals surface area (Å²) < 4.78 is 5.03. The molecule has 5 nitrogen and oxygen atoms in total.